The molecule has 0 aliphatic heterocycles. The van der Waals surface area contributed by atoms with Crippen molar-refractivity contribution in [3.05, 3.63) is 55.6 Å². The molecule has 2 aromatic carbocycles. The quantitative estimate of drug-likeness (QED) is 0.228. The Hall–Kier alpha value is -4.68. The highest BCUT2D eigenvalue weighted by Crippen LogP contribution is 2.40. The van der Waals surface area contributed by atoms with Gasteiger partial charge in [0.1, 0.15) is 11.0 Å². The van der Waals surface area contributed by atoms with Gasteiger partial charge in [0.2, 0.25) is 0 Å². The minimum Gasteiger partial charge on any atom is -0.332 e. The summed E-state index contributed by atoms with van der Waals surface area (Å²) in [6.45, 7) is 5.33. The van der Waals surface area contributed by atoms with Crippen LogP contribution < -0.4 is 0 Å². The van der Waals surface area contributed by atoms with Crippen LogP contribution in [0, 0.1) is 20.2 Å². The Balaban J connectivity index is 2.45. The van der Waals surface area contributed by atoms with Crippen LogP contribution in [0.4, 0.5) is 11.4 Å². The molecule has 3 rings (SSSR count). The van der Waals surface area contributed by atoms with Gasteiger partial charge in [-0.25, -0.2) is 9.59 Å². The molecule has 0 bridgehead atoms. The molecule has 13 nitrogen and oxygen atoms in total. The maximum Gasteiger partial charge on any atom is 0.331 e. The third-order valence-corrected chi connectivity index (χ3v) is 4.99. The number of benzene rings is 2. The predicted octanol–water partition coefficient (Wildman–Crippen LogP) is 3.72. The summed E-state index contributed by atoms with van der Waals surface area (Å²) < 4.78 is 1.38. The molecular formula is C21H19N5O8. The number of non-ortho nitro benzene ring substituents is 2. The highest BCUT2D eigenvalue weighted by Gasteiger charge is 2.27. The van der Waals surface area contributed by atoms with Crippen LogP contribution in [0.2, 0.25) is 0 Å². The molecule has 1 aromatic heterocycles. The number of nitro groups is 2. The molecule has 1 heterocycles. The van der Waals surface area contributed by atoms with E-state index >= 15 is 0 Å². The Morgan fingerprint density at radius 3 is 1.41 bits per heavy atom. The minimum absolute atomic E-state index is 0.152. The highest BCUT2D eigenvalue weighted by molar-refractivity contribution is 6.18. The number of hydrogen-bond acceptors (Lipinski definition) is 10. The van der Waals surface area contributed by atoms with E-state index < -0.39 is 21.8 Å². The number of hydrogen-bond donors (Lipinski definition) is 0. The zero-order chi connectivity index (χ0) is 25.3. The van der Waals surface area contributed by atoms with E-state index in [1.165, 1.54) is 37.6 Å². The number of aromatic nitrogens is 1. The van der Waals surface area contributed by atoms with E-state index in [0.717, 1.165) is 13.8 Å². The molecular weight excluding hydrogens is 450 g/mol. The lowest BCUT2D eigenvalue weighted by molar-refractivity contribution is -0.383. The van der Waals surface area contributed by atoms with Crippen LogP contribution in [-0.2, 0) is 26.3 Å². The number of oxime groups is 2. The Bertz CT molecular complexity index is 1340. The lowest BCUT2D eigenvalue weighted by Crippen LogP contribution is -2.02. The second-order valence-corrected chi connectivity index (χ2v) is 7.38. The molecule has 0 aliphatic carbocycles. The molecule has 34 heavy (non-hydrogen) atoms. The summed E-state index contributed by atoms with van der Waals surface area (Å²) in [4.78, 5) is 54.0. The van der Waals surface area contributed by atoms with Crippen LogP contribution in [-0.4, -0.2) is 37.8 Å². The summed E-state index contributed by atoms with van der Waals surface area (Å²) in [7, 11) is 1.49. The highest BCUT2D eigenvalue weighted by atomic mass is 16.7. The molecule has 0 fully saturated rings. The SMILES string of the molecule is CC(=O)O/N=C(\C)c1cc([N+](=O)[O-])c2c(c1)c1cc(/C(C)=N/OC(C)=O)cc([N+](=O)[O-])c1n2C. The third-order valence-electron chi connectivity index (χ3n) is 4.99. The van der Waals surface area contributed by atoms with Crippen LogP contribution in [0.1, 0.15) is 38.8 Å². The van der Waals surface area contributed by atoms with Gasteiger partial charge in [-0.15, -0.1) is 0 Å². The lowest BCUT2D eigenvalue weighted by atomic mass is 10.0. The van der Waals surface area contributed by atoms with Crippen molar-refractivity contribution in [1.29, 1.82) is 0 Å². The summed E-state index contributed by atoms with van der Waals surface area (Å²) >= 11 is 0. The first kappa shape index (κ1) is 24.0. The van der Waals surface area contributed by atoms with Gasteiger partial charge in [0.05, 0.1) is 21.3 Å². The summed E-state index contributed by atoms with van der Waals surface area (Å²) in [6, 6.07) is 5.64. The Morgan fingerprint density at radius 1 is 0.765 bits per heavy atom. The van der Waals surface area contributed by atoms with Crippen LogP contribution in [0.3, 0.4) is 0 Å². The van der Waals surface area contributed by atoms with Crippen molar-refractivity contribution in [2.75, 3.05) is 0 Å². The number of fused-ring (bicyclic) bond motifs is 3. The van der Waals surface area contributed by atoms with E-state index in [4.69, 9.17) is 0 Å². The lowest BCUT2D eigenvalue weighted by Gasteiger charge is -2.04. The van der Waals surface area contributed by atoms with E-state index in [0.29, 0.717) is 10.8 Å². The summed E-state index contributed by atoms with van der Waals surface area (Å²) in [6.07, 6.45) is 0. The number of rotatable bonds is 6. The number of carbonyl (C=O) groups is 2. The second-order valence-electron chi connectivity index (χ2n) is 7.38. The normalized spacial score (nSPS) is 12.1. The molecule has 0 saturated carbocycles. The summed E-state index contributed by atoms with van der Waals surface area (Å²) in [5.74, 6) is -1.33. The van der Waals surface area contributed by atoms with Crippen molar-refractivity contribution in [2.24, 2.45) is 17.4 Å². The average Bonchev–Trinajstić information content (AvgIpc) is 3.06. The van der Waals surface area contributed by atoms with E-state index in [9.17, 15) is 29.8 Å². The van der Waals surface area contributed by atoms with E-state index in [1.807, 2.05) is 0 Å². The van der Waals surface area contributed by atoms with Crippen LogP contribution in [0.15, 0.2) is 34.6 Å². The predicted molar refractivity (Wildman–Crippen MR) is 122 cm³/mol. The monoisotopic (exact) mass is 469 g/mol. The molecule has 0 amide bonds. The maximum absolute atomic E-state index is 11.9. The summed E-state index contributed by atoms with van der Waals surface area (Å²) in [5.41, 5.74) is 0.621. The molecule has 0 radical (unpaired) electrons. The molecule has 13 heteroatoms. The summed E-state index contributed by atoms with van der Waals surface area (Å²) in [5, 5.41) is 31.8. The van der Waals surface area contributed by atoms with Crippen molar-refractivity contribution in [2.45, 2.75) is 27.7 Å². The van der Waals surface area contributed by atoms with Crippen molar-refractivity contribution < 1.29 is 29.1 Å². The van der Waals surface area contributed by atoms with E-state index in [1.54, 1.807) is 12.1 Å². The first-order valence-corrected chi connectivity index (χ1v) is 9.76. The van der Waals surface area contributed by atoms with Gasteiger partial charge in [0, 0.05) is 54.9 Å². The number of nitrogens with zero attached hydrogens (tertiary/aromatic N) is 5. The second kappa shape index (κ2) is 9.05. The first-order valence-electron chi connectivity index (χ1n) is 9.76. The fourth-order valence-corrected chi connectivity index (χ4v) is 3.53. The van der Waals surface area contributed by atoms with Gasteiger partial charge < -0.3 is 14.2 Å². The number of carbonyl (C=O) groups excluding carboxylic acids is 2. The van der Waals surface area contributed by atoms with E-state index in [-0.39, 0.29) is 45.0 Å². The molecule has 0 spiro atoms. The van der Waals surface area contributed by atoms with Crippen molar-refractivity contribution in [3.63, 3.8) is 0 Å². The van der Waals surface area contributed by atoms with Gasteiger partial charge in [-0.1, -0.05) is 10.3 Å². The maximum atomic E-state index is 11.9. The Labute approximate surface area is 191 Å². The van der Waals surface area contributed by atoms with Crippen molar-refractivity contribution in [1.82, 2.24) is 4.57 Å². The number of aryl methyl sites for hydroxylation is 1. The van der Waals surface area contributed by atoms with Crippen LogP contribution in [0.25, 0.3) is 21.8 Å². The molecule has 0 unspecified atom stereocenters. The molecule has 0 aliphatic rings. The van der Waals surface area contributed by atoms with E-state index in [2.05, 4.69) is 20.0 Å². The van der Waals surface area contributed by atoms with Gasteiger partial charge in [0.25, 0.3) is 11.4 Å². The standard InChI is InChI=1S/C21H19N5O8/c1-10(22-33-12(3)27)14-6-16-17-7-15(11(2)23-34-13(4)28)9-19(26(31)32)21(17)24(5)20(16)18(8-14)25(29)30/h6-9H,1-5H3/b22-10+,23-11+. The number of nitro benzene ring substituents is 2. The minimum atomic E-state index is -0.664. The molecule has 0 saturated heterocycles. The van der Waals surface area contributed by atoms with Crippen molar-refractivity contribution >= 4 is 56.5 Å². The molecule has 0 N–H and O–H groups in total. The molecule has 176 valence electrons. The Kier molecular flexibility index (Phi) is 6.38. The molecule has 3 aromatic rings. The van der Waals surface area contributed by atoms with Gasteiger partial charge in [-0.2, -0.15) is 0 Å². The van der Waals surface area contributed by atoms with Crippen LogP contribution in [0.5, 0.6) is 0 Å². The van der Waals surface area contributed by atoms with Gasteiger partial charge in [-0.05, 0) is 26.0 Å². The molecule has 0 atom stereocenters. The van der Waals surface area contributed by atoms with Crippen molar-refractivity contribution in [3.8, 4) is 0 Å². The topological polar surface area (TPSA) is 169 Å². The first-order chi connectivity index (χ1) is 15.9. The smallest absolute Gasteiger partial charge is 0.331 e. The van der Waals surface area contributed by atoms with Gasteiger partial charge >= 0.3 is 11.9 Å². The fraction of sp³-hybridized carbons (Fsp3) is 0.238. The average molecular weight is 469 g/mol. The third kappa shape index (κ3) is 4.44. The zero-order valence-electron chi connectivity index (χ0n) is 18.8. The van der Waals surface area contributed by atoms with Gasteiger partial charge in [-0.3, -0.25) is 20.2 Å². The largest absolute Gasteiger partial charge is 0.332 e. The van der Waals surface area contributed by atoms with Crippen LogP contribution >= 0.6 is 0 Å². The zero-order valence-corrected chi connectivity index (χ0v) is 18.8. The fourth-order valence-electron chi connectivity index (χ4n) is 3.53. The van der Waals surface area contributed by atoms with Gasteiger partial charge in [0.15, 0.2) is 0 Å². The Morgan fingerprint density at radius 2 is 1.12 bits per heavy atom.